The van der Waals surface area contributed by atoms with Crippen molar-refractivity contribution in [2.45, 2.75) is 328 Å². The molecule has 0 aliphatic heterocycles. The Morgan fingerprint density at radius 3 is 1.00 bits per heavy atom. The van der Waals surface area contributed by atoms with Gasteiger partial charge in [0.15, 0.2) is 0 Å². The zero-order valence-electron chi connectivity index (χ0n) is 41.4. The molecule has 0 aromatic heterocycles. The Kier molecular flexibility index (Phi) is 50.5. The van der Waals surface area contributed by atoms with E-state index in [-0.39, 0.29) is 18.5 Å². The molecular formula is C55H109NO5. The van der Waals surface area contributed by atoms with Crippen LogP contribution in [0.5, 0.6) is 0 Å². The average Bonchev–Trinajstić information content (AvgIpc) is 3.26. The summed E-state index contributed by atoms with van der Waals surface area (Å²) in [6, 6.07) is -0.538. The highest BCUT2D eigenvalue weighted by atomic mass is 16.5. The summed E-state index contributed by atoms with van der Waals surface area (Å²) in [7, 11) is 0. The fraction of sp³-hybridized carbons (Fsp3) is 0.964. The van der Waals surface area contributed by atoms with Crippen LogP contribution in [-0.2, 0) is 14.3 Å². The van der Waals surface area contributed by atoms with Gasteiger partial charge in [0.1, 0.15) is 0 Å². The molecule has 0 spiro atoms. The maximum absolute atomic E-state index is 12.4. The van der Waals surface area contributed by atoms with Gasteiger partial charge in [-0.25, -0.2) is 0 Å². The van der Waals surface area contributed by atoms with Gasteiger partial charge in [0.25, 0.3) is 0 Å². The number of ether oxygens (including phenoxy) is 1. The maximum Gasteiger partial charge on any atom is 0.305 e. The molecule has 6 heteroatoms. The summed E-state index contributed by atoms with van der Waals surface area (Å²) in [6.07, 6.45) is 58.1. The highest BCUT2D eigenvalue weighted by Gasteiger charge is 2.20. The predicted molar refractivity (Wildman–Crippen MR) is 264 cm³/mol. The molecule has 0 saturated carbocycles. The van der Waals surface area contributed by atoms with Crippen LogP contribution >= 0.6 is 0 Å². The lowest BCUT2D eigenvalue weighted by atomic mass is 10.0. The normalized spacial score (nSPS) is 12.5. The van der Waals surface area contributed by atoms with Crippen molar-refractivity contribution in [1.29, 1.82) is 0 Å². The summed E-state index contributed by atoms with van der Waals surface area (Å²) >= 11 is 0. The number of carbonyl (C=O) groups is 2. The molecule has 2 atom stereocenters. The van der Waals surface area contributed by atoms with Gasteiger partial charge in [0.2, 0.25) is 5.91 Å². The van der Waals surface area contributed by atoms with E-state index in [1.807, 2.05) is 0 Å². The first kappa shape index (κ1) is 59.9. The first-order valence-corrected chi connectivity index (χ1v) is 27.8. The van der Waals surface area contributed by atoms with E-state index in [1.165, 1.54) is 244 Å². The number of aliphatic hydroxyl groups excluding tert-OH is 2. The van der Waals surface area contributed by atoms with Gasteiger partial charge < -0.3 is 20.3 Å². The van der Waals surface area contributed by atoms with E-state index in [4.69, 9.17) is 4.74 Å². The van der Waals surface area contributed by atoms with Crippen molar-refractivity contribution in [2.24, 2.45) is 0 Å². The van der Waals surface area contributed by atoms with Crippen molar-refractivity contribution in [3.05, 3.63) is 0 Å². The van der Waals surface area contributed by atoms with Crippen LogP contribution in [0, 0.1) is 0 Å². The molecule has 1 amide bonds. The molecule has 0 aliphatic rings. The molecule has 0 heterocycles. The minimum absolute atomic E-state index is 0.0144. The topological polar surface area (TPSA) is 95.9 Å². The molecule has 0 aliphatic carbocycles. The third-order valence-corrected chi connectivity index (χ3v) is 13.2. The fourth-order valence-corrected chi connectivity index (χ4v) is 8.88. The van der Waals surface area contributed by atoms with Crippen molar-refractivity contribution >= 4 is 11.9 Å². The van der Waals surface area contributed by atoms with Gasteiger partial charge in [-0.2, -0.15) is 0 Å². The zero-order chi connectivity index (χ0) is 44.4. The van der Waals surface area contributed by atoms with Gasteiger partial charge in [-0.1, -0.05) is 277 Å². The number of carbonyl (C=O) groups excluding carboxylic acids is 2. The molecule has 3 N–H and O–H groups in total. The molecule has 0 fully saturated rings. The van der Waals surface area contributed by atoms with Crippen LogP contribution in [0.3, 0.4) is 0 Å². The van der Waals surface area contributed by atoms with Crippen LogP contribution in [0.4, 0.5) is 0 Å². The van der Waals surface area contributed by atoms with E-state index in [0.717, 1.165) is 38.5 Å². The van der Waals surface area contributed by atoms with E-state index < -0.39 is 12.1 Å². The number of aliphatic hydroxyl groups is 2. The molecule has 6 nitrogen and oxygen atoms in total. The largest absolute Gasteiger partial charge is 0.466 e. The minimum atomic E-state index is -0.661. The third kappa shape index (κ3) is 48.2. The Morgan fingerprint density at radius 1 is 0.393 bits per heavy atom. The second-order valence-electron chi connectivity index (χ2n) is 19.3. The standard InChI is InChI=1S/C55H109NO5/c1-3-5-7-9-11-13-15-29-33-37-41-45-49-55(60)61-50-46-42-38-34-30-27-25-23-21-19-17-16-18-20-22-24-26-28-32-36-40-44-48-54(59)56-52(51-57)53(58)47-43-39-35-31-14-12-10-8-6-4-2/h52-53,57-58H,3-51H2,1-2H3,(H,56,59). The number of nitrogens with one attached hydrogen (secondary N) is 1. The average molecular weight is 864 g/mol. The lowest BCUT2D eigenvalue weighted by Gasteiger charge is -2.22. The van der Waals surface area contributed by atoms with Crippen LogP contribution in [-0.4, -0.2) is 47.4 Å². The number of unbranched alkanes of at least 4 members (excludes halogenated alkanes) is 41. The Labute approximate surface area is 381 Å². The van der Waals surface area contributed by atoms with Gasteiger partial charge in [0, 0.05) is 12.8 Å². The summed E-state index contributed by atoms with van der Waals surface area (Å²) in [6.45, 7) is 4.95. The SMILES string of the molecule is CCCCCCCCCCCCCCC(=O)OCCCCCCCCCCCCCCCCCCCCCCCCC(=O)NC(CO)C(O)CCCCCCCCCCCC. The molecule has 0 bridgehead atoms. The van der Waals surface area contributed by atoms with Crippen LogP contribution in [0.25, 0.3) is 0 Å². The Balaban J connectivity index is 3.34. The lowest BCUT2D eigenvalue weighted by molar-refractivity contribution is -0.143. The molecular weight excluding hydrogens is 755 g/mol. The van der Waals surface area contributed by atoms with Crippen molar-refractivity contribution in [1.82, 2.24) is 5.32 Å². The second-order valence-corrected chi connectivity index (χ2v) is 19.3. The Bertz CT molecular complexity index is 867. The lowest BCUT2D eigenvalue weighted by Crippen LogP contribution is -2.45. The van der Waals surface area contributed by atoms with Crippen LogP contribution in [0.2, 0.25) is 0 Å². The fourth-order valence-electron chi connectivity index (χ4n) is 8.88. The van der Waals surface area contributed by atoms with Gasteiger partial charge in [-0.15, -0.1) is 0 Å². The van der Waals surface area contributed by atoms with Gasteiger partial charge in [0.05, 0.1) is 25.4 Å². The van der Waals surface area contributed by atoms with Crippen LogP contribution in [0.1, 0.15) is 316 Å². The molecule has 2 unspecified atom stereocenters. The number of hydrogen-bond donors (Lipinski definition) is 3. The monoisotopic (exact) mass is 864 g/mol. The molecule has 0 aromatic carbocycles. The smallest absolute Gasteiger partial charge is 0.305 e. The second kappa shape index (κ2) is 51.5. The van der Waals surface area contributed by atoms with Crippen LogP contribution < -0.4 is 5.32 Å². The summed E-state index contributed by atoms with van der Waals surface area (Å²) in [5.74, 6) is -0.0210. The molecule has 61 heavy (non-hydrogen) atoms. The summed E-state index contributed by atoms with van der Waals surface area (Å²) < 4.78 is 5.47. The van der Waals surface area contributed by atoms with E-state index in [2.05, 4.69) is 19.2 Å². The van der Waals surface area contributed by atoms with Crippen LogP contribution in [0.15, 0.2) is 0 Å². The Hall–Kier alpha value is -1.14. The van der Waals surface area contributed by atoms with Crippen molar-refractivity contribution in [3.63, 3.8) is 0 Å². The molecule has 0 aromatic rings. The number of rotatable bonds is 52. The highest BCUT2D eigenvalue weighted by molar-refractivity contribution is 5.76. The summed E-state index contributed by atoms with van der Waals surface area (Å²) in [5.41, 5.74) is 0. The summed E-state index contributed by atoms with van der Waals surface area (Å²) in [5, 5.41) is 23.1. The van der Waals surface area contributed by atoms with Crippen molar-refractivity contribution in [3.8, 4) is 0 Å². The van der Waals surface area contributed by atoms with Crippen molar-refractivity contribution < 1.29 is 24.5 Å². The highest BCUT2D eigenvalue weighted by Crippen LogP contribution is 2.18. The molecule has 0 saturated heterocycles. The molecule has 0 radical (unpaired) electrons. The number of esters is 1. The predicted octanol–water partition coefficient (Wildman–Crippen LogP) is 16.7. The minimum Gasteiger partial charge on any atom is -0.466 e. The maximum atomic E-state index is 12.4. The van der Waals surface area contributed by atoms with Gasteiger partial charge >= 0.3 is 5.97 Å². The first-order valence-electron chi connectivity index (χ1n) is 27.8. The van der Waals surface area contributed by atoms with Crippen molar-refractivity contribution in [2.75, 3.05) is 13.2 Å². The van der Waals surface area contributed by atoms with Gasteiger partial charge in [-0.05, 0) is 25.7 Å². The quantitative estimate of drug-likeness (QED) is 0.0418. The van der Waals surface area contributed by atoms with E-state index in [1.54, 1.807) is 0 Å². The van der Waals surface area contributed by atoms with Gasteiger partial charge in [-0.3, -0.25) is 9.59 Å². The first-order chi connectivity index (χ1) is 30.0. The molecule has 364 valence electrons. The number of amides is 1. The Morgan fingerprint density at radius 2 is 0.672 bits per heavy atom. The van der Waals surface area contributed by atoms with E-state index in [9.17, 15) is 19.8 Å². The van der Waals surface area contributed by atoms with E-state index >= 15 is 0 Å². The summed E-state index contributed by atoms with van der Waals surface area (Å²) in [4.78, 5) is 24.4. The zero-order valence-corrected chi connectivity index (χ0v) is 41.4. The number of hydrogen-bond acceptors (Lipinski definition) is 5. The third-order valence-electron chi connectivity index (χ3n) is 13.2. The van der Waals surface area contributed by atoms with E-state index in [0.29, 0.717) is 25.9 Å². The molecule has 0 rings (SSSR count).